The first-order valence-electron chi connectivity index (χ1n) is 10.0. The second-order valence-electron chi connectivity index (χ2n) is 7.26. The minimum Gasteiger partial charge on any atom is -0.338 e. The standard InChI is InChI=1S/C22H20N4O3S3/c27-22(20-19(9-12-31-20)32(28,29)26-10-13-30-14-11-26)23-16-7-5-15(6-8-16)21-24-17-3-1-2-4-18(17)25-21/h1-9,12H,10-11,13-14H2,(H,23,27)(H,24,25). The fourth-order valence-corrected chi connectivity index (χ4v) is 7.45. The molecule has 0 radical (unpaired) electrons. The molecule has 7 nitrogen and oxygen atoms in total. The molecule has 0 aliphatic carbocycles. The molecule has 0 atom stereocenters. The van der Waals surface area contributed by atoms with Gasteiger partial charge in [-0.25, -0.2) is 13.4 Å². The second kappa shape index (κ2) is 8.70. The van der Waals surface area contributed by atoms with Gasteiger partial charge in [0.15, 0.2) is 0 Å². The van der Waals surface area contributed by atoms with Crippen LogP contribution in [-0.4, -0.2) is 53.2 Å². The molecule has 0 saturated carbocycles. The van der Waals surface area contributed by atoms with Crippen LogP contribution in [0.3, 0.4) is 0 Å². The third kappa shape index (κ3) is 4.06. The van der Waals surface area contributed by atoms with E-state index in [0.717, 1.165) is 45.3 Å². The van der Waals surface area contributed by atoms with E-state index < -0.39 is 15.9 Å². The first-order valence-corrected chi connectivity index (χ1v) is 13.5. The SMILES string of the molecule is O=C(Nc1ccc(-c2nc3ccccc3[nH]2)cc1)c1sccc1S(=O)(=O)N1CCSCC1. The molecule has 1 fully saturated rings. The summed E-state index contributed by atoms with van der Waals surface area (Å²) in [5, 5.41) is 4.46. The number of nitrogens with one attached hydrogen (secondary N) is 2. The molecule has 3 heterocycles. The number of fused-ring (bicyclic) bond motifs is 1. The van der Waals surface area contributed by atoms with Gasteiger partial charge >= 0.3 is 0 Å². The van der Waals surface area contributed by atoms with E-state index in [1.54, 1.807) is 29.3 Å². The van der Waals surface area contributed by atoms with Crippen LogP contribution in [0.4, 0.5) is 5.69 Å². The number of para-hydroxylation sites is 2. The Hall–Kier alpha value is -2.66. The number of nitrogens with zero attached hydrogens (tertiary/aromatic N) is 2. The van der Waals surface area contributed by atoms with Crippen LogP contribution in [0, 0.1) is 0 Å². The van der Waals surface area contributed by atoms with Crippen LogP contribution in [0.15, 0.2) is 64.9 Å². The number of benzene rings is 2. The van der Waals surface area contributed by atoms with Crippen molar-refractivity contribution < 1.29 is 13.2 Å². The summed E-state index contributed by atoms with van der Waals surface area (Å²) < 4.78 is 27.5. The van der Waals surface area contributed by atoms with E-state index in [0.29, 0.717) is 18.8 Å². The third-order valence-electron chi connectivity index (χ3n) is 5.23. The molecule has 1 saturated heterocycles. The molecule has 0 bridgehead atoms. The lowest BCUT2D eigenvalue weighted by Gasteiger charge is -2.25. The van der Waals surface area contributed by atoms with Gasteiger partial charge in [-0.1, -0.05) is 12.1 Å². The number of anilines is 1. The zero-order valence-corrected chi connectivity index (χ0v) is 19.4. The average Bonchev–Trinajstić information content (AvgIpc) is 3.48. The minimum atomic E-state index is -3.69. The van der Waals surface area contributed by atoms with Crippen molar-refractivity contribution in [3.63, 3.8) is 0 Å². The number of carbonyl (C=O) groups is 1. The number of H-pyrrole nitrogens is 1. The lowest BCUT2D eigenvalue weighted by molar-refractivity contribution is 0.102. The molecule has 1 amide bonds. The number of aromatic nitrogens is 2. The summed E-state index contributed by atoms with van der Waals surface area (Å²) in [4.78, 5) is 21.0. The van der Waals surface area contributed by atoms with Crippen LogP contribution >= 0.6 is 23.1 Å². The van der Waals surface area contributed by atoms with Crippen LogP contribution in [0.5, 0.6) is 0 Å². The molecular weight excluding hydrogens is 464 g/mol. The van der Waals surface area contributed by atoms with Crippen LogP contribution in [0.1, 0.15) is 9.67 Å². The summed E-state index contributed by atoms with van der Waals surface area (Å²) >= 11 is 2.87. The molecule has 0 unspecified atom stereocenters. The zero-order valence-electron chi connectivity index (χ0n) is 16.9. The van der Waals surface area contributed by atoms with Crippen LogP contribution < -0.4 is 5.32 Å². The van der Waals surface area contributed by atoms with E-state index in [4.69, 9.17) is 0 Å². The Morgan fingerprint density at radius 2 is 1.78 bits per heavy atom. The van der Waals surface area contributed by atoms with E-state index in [1.807, 2.05) is 36.4 Å². The smallest absolute Gasteiger partial charge is 0.267 e. The molecule has 4 aromatic rings. The summed E-state index contributed by atoms with van der Waals surface area (Å²) in [6, 6.07) is 16.6. The van der Waals surface area contributed by atoms with Gasteiger partial charge in [0.05, 0.1) is 11.0 Å². The first kappa shape index (κ1) is 21.2. The highest BCUT2D eigenvalue weighted by atomic mass is 32.2. The number of rotatable bonds is 5. The first-order chi connectivity index (χ1) is 15.5. The van der Waals surface area contributed by atoms with Crippen molar-refractivity contribution in [3.05, 3.63) is 64.9 Å². The highest BCUT2D eigenvalue weighted by Crippen LogP contribution is 2.28. The normalized spacial score (nSPS) is 15.1. The third-order valence-corrected chi connectivity index (χ3v) is 9.15. The van der Waals surface area contributed by atoms with Gasteiger partial charge < -0.3 is 10.3 Å². The maximum absolute atomic E-state index is 13.0. The number of carbonyl (C=O) groups excluding carboxylic acids is 1. The maximum Gasteiger partial charge on any atom is 0.267 e. The van der Waals surface area contributed by atoms with E-state index in [1.165, 1.54) is 10.4 Å². The molecule has 2 aromatic carbocycles. The van der Waals surface area contributed by atoms with E-state index in [9.17, 15) is 13.2 Å². The average molecular weight is 485 g/mol. The number of thiophene rings is 1. The fraction of sp³-hybridized carbons (Fsp3) is 0.182. The largest absolute Gasteiger partial charge is 0.338 e. The summed E-state index contributed by atoms with van der Waals surface area (Å²) in [6.07, 6.45) is 0. The van der Waals surface area contributed by atoms with Crippen LogP contribution in [0.25, 0.3) is 22.4 Å². The number of amides is 1. The Bertz CT molecular complexity index is 1340. The van der Waals surface area contributed by atoms with Gasteiger partial charge in [0, 0.05) is 35.8 Å². The van der Waals surface area contributed by atoms with Crippen molar-refractivity contribution in [2.75, 3.05) is 29.9 Å². The van der Waals surface area contributed by atoms with Crippen molar-refractivity contribution in [1.82, 2.24) is 14.3 Å². The molecule has 5 rings (SSSR count). The molecule has 2 aromatic heterocycles. The van der Waals surface area contributed by atoms with E-state index >= 15 is 0 Å². The van der Waals surface area contributed by atoms with Crippen molar-refractivity contribution in [2.24, 2.45) is 0 Å². The van der Waals surface area contributed by atoms with Gasteiger partial charge in [0.1, 0.15) is 15.6 Å². The maximum atomic E-state index is 13.0. The number of thioether (sulfide) groups is 1. The molecule has 2 N–H and O–H groups in total. The predicted octanol–water partition coefficient (Wildman–Crippen LogP) is 4.28. The van der Waals surface area contributed by atoms with Crippen molar-refractivity contribution in [3.8, 4) is 11.4 Å². The van der Waals surface area contributed by atoms with Crippen LogP contribution in [0.2, 0.25) is 0 Å². The summed E-state index contributed by atoms with van der Waals surface area (Å²) in [5.41, 5.74) is 3.32. The number of sulfonamides is 1. The molecule has 1 aliphatic heterocycles. The Morgan fingerprint density at radius 3 is 2.53 bits per heavy atom. The number of imidazole rings is 1. The van der Waals surface area contributed by atoms with Gasteiger partial charge in [-0.2, -0.15) is 16.1 Å². The fourth-order valence-electron chi connectivity index (χ4n) is 3.58. The number of hydrogen-bond acceptors (Lipinski definition) is 6. The van der Waals surface area contributed by atoms with Gasteiger partial charge in [0.2, 0.25) is 10.0 Å². The van der Waals surface area contributed by atoms with Crippen molar-refractivity contribution >= 4 is 55.7 Å². The van der Waals surface area contributed by atoms with Gasteiger partial charge in [-0.05, 0) is 47.8 Å². The topological polar surface area (TPSA) is 95.2 Å². The van der Waals surface area contributed by atoms with E-state index in [-0.39, 0.29) is 9.77 Å². The van der Waals surface area contributed by atoms with E-state index in [2.05, 4.69) is 15.3 Å². The highest BCUT2D eigenvalue weighted by molar-refractivity contribution is 7.99. The lowest BCUT2D eigenvalue weighted by Crippen LogP contribution is -2.38. The summed E-state index contributed by atoms with van der Waals surface area (Å²) in [6.45, 7) is 0.931. The van der Waals surface area contributed by atoms with Gasteiger partial charge in [0.25, 0.3) is 5.91 Å². The minimum absolute atomic E-state index is 0.0748. The monoisotopic (exact) mass is 484 g/mol. The van der Waals surface area contributed by atoms with Gasteiger partial charge in [-0.15, -0.1) is 11.3 Å². The van der Waals surface area contributed by atoms with Gasteiger partial charge in [-0.3, -0.25) is 4.79 Å². The summed E-state index contributed by atoms with van der Waals surface area (Å²) in [5.74, 6) is 1.85. The molecule has 164 valence electrons. The molecule has 1 aliphatic rings. The number of hydrogen-bond donors (Lipinski definition) is 2. The molecule has 32 heavy (non-hydrogen) atoms. The zero-order chi connectivity index (χ0) is 22.1. The van der Waals surface area contributed by atoms with Crippen molar-refractivity contribution in [1.29, 1.82) is 0 Å². The second-order valence-corrected chi connectivity index (χ2v) is 11.3. The van der Waals surface area contributed by atoms with Crippen molar-refractivity contribution in [2.45, 2.75) is 4.90 Å². The molecule has 0 spiro atoms. The molecule has 10 heteroatoms. The Morgan fingerprint density at radius 1 is 1.03 bits per heavy atom. The predicted molar refractivity (Wildman–Crippen MR) is 130 cm³/mol. The quantitative estimate of drug-likeness (QED) is 0.441. The Kier molecular flexibility index (Phi) is 5.76. The summed E-state index contributed by atoms with van der Waals surface area (Å²) in [7, 11) is -3.69. The van der Waals surface area contributed by atoms with Crippen LogP contribution in [-0.2, 0) is 10.0 Å². The Balaban J connectivity index is 1.34. The number of aromatic amines is 1. The lowest BCUT2D eigenvalue weighted by atomic mass is 10.2. The highest BCUT2D eigenvalue weighted by Gasteiger charge is 2.31. The molecular formula is C22H20N4O3S3. The Labute approximate surface area is 193 Å².